The van der Waals surface area contributed by atoms with Gasteiger partial charge in [0.1, 0.15) is 0 Å². The number of sulfonamides is 1. The van der Waals surface area contributed by atoms with Gasteiger partial charge in [0.05, 0.1) is 27.7 Å². The molecule has 1 aromatic heterocycles. The van der Waals surface area contributed by atoms with Crippen LogP contribution in [-0.2, 0) is 16.6 Å². The molecule has 0 aliphatic rings. The molecule has 0 spiro atoms. The van der Waals surface area contributed by atoms with E-state index in [1.807, 2.05) is 17.5 Å². The molecule has 1 amide bonds. The summed E-state index contributed by atoms with van der Waals surface area (Å²) in [5.41, 5.74) is 0.620. The van der Waals surface area contributed by atoms with Gasteiger partial charge in [0.2, 0.25) is 0 Å². The van der Waals surface area contributed by atoms with Crippen molar-refractivity contribution in [3.8, 4) is 0 Å². The van der Waals surface area contributed by atoms with E-state index in [0.717, 1.165) is 9.18 Å². The van der Waals surface area contributed by atoms with Crippen LogP contribution in [0.2, 0.25) is 5.02 Å². The van der Waals surface area contributed by atoms with E-state index in [9.17, 15) is 13.2 Å². The first-order chi connectivity index (χ1) is 13.3. The standard InChI is InChI=1S/C20H19ClN2O3S2/c1-22(14-16-7-6-12-27-16)20(24)18-13-15(10-11-19(18)21)23(2)28(25,26)17-8-4-3-5-9-17/h3-13H,14H2,1-2H3. The first-order valence-corrected chi connectivity index (χ1v) is 11.1. The van der Waals surface area contributed by atoms with Gasteiger partial charge in [-0.05, 0) is 41.8 Å². The van der Waals surface area contributed by atoms with Gasteiger partial charge >= 0.3 is 0 Å². The number of carbonyl (C=O) groups is 1. The van der Waals surface area contributed by atoms with Crippen LogP contribution in [0.1, 0.15) is 15.2 Å². The van der Waals surface area contributed by atoms with Crippen molar-refractivity contribution < 1.29 is 13.2 Å². The number of amides is 1. The summed E-state index contributed by atoms with van der Waals surface area (Å²) < 4.78 is 26.8. The molecule has 0 unspecified atom stereocenters. The highest BCUT2D eigenvalue weighted by Gasteiger charge is 2.23. The minimum atomic E-state index is -3.74. The number of nitrogens with zero attached hydrogens (tertiary/aromatic N) is 2. The van der Waals surface area contributed by atoms with Gasteiger partial charge in [-0.3, -0.25) is 9.10 Å². The van der Waals surface area contributed by atoms with E-state index < -0.39 is 10.0 Å². The maximum Gasteiger partial charge on any atom is 0.264 e. The second-order valence-corrected chi connectivity index (χ2v) is 9.60. The summed E-state index contributed by atoms with van der Waals surface area (Å²) in [4.78, 5) is 15.6. The van der Waals surface area contributed by atoms with Crippen molar-refractivity contribution >= 4 is 44.6 Å². The van der Waals surface area contributed by atoms with Gasteiger partial charge in [0.15, 0.2) is 0 Å². The van der Waals surface area contributed by atoms with E-state index in [1.165, 1.54) is 25.2 Å². The first kappa shape index (κ1) is 20.4. The molecular formula is C20H19ClN2O3S2. The van der Waals surface area contributed by atoms with Crippen LogP contribution in [0.15, 0.2) is 70.9 Å². The largest absolute Gasteiger partial charge is 0.337 e. The Hall–Kier alpha value is -2.35. The van der Waals surface area contributed by atoms with Gasteiger partial charge in [0.25, 0.3) is 15.9 Å². The number of anilines is 1. The summed E-state index contributed by atoms with van der Waals surface area (Å²) in [5.74, 6) is -0.272. The number of benzene rings is 2. The van der Waals surface area contributed by atoms with Crippen molar-refractivity contribution in [2.24, 2.45) is 0 Å². The van der Waals surface area contributed by atoms with Crippen LogP contribution in [0, 0.1) is 0 Å². The molecule has 0 bridgehead atoms. The Balaban J connectivity index is 1.89. The van der Waals surface area contributed by atoms with Crippen LogP contribution in [-0.4, -0.2) is 33.3 Å². The molecule has 3 rings (SSSR count). The smallest absolute Gasteiger partial charge is 0.264 e. The van der Waals surface area contributed by atoms with Crippen LogP contribution >= 0.6 is 22.9 Å². The predicted octanol–water partition coefficient (Wildman–Crippen LogP) is 4.50. The van der Waals surface area contributed by atoms with E-state index >= 15 is 0 Å². The zero-order valence-electron chi connectivity index (χ0n) is 15.4. The number of thiophene rings is 1. The minimum absolute atomic E-state index is 0.176. The Labute approximate surface area is 173 Å². The molecule has 0 saturated carbocycles. The average Bonchev–Trinajstić information content (AvgIpc) is 3.21. The Kier molecular flexibility index (Phi) is 6.07. The number of rotatable bonds is 6. The molecule has 28 heavy (non-hydrogen) atoms. The maximum absolute atomic E-state index is 12.9. The summed E-state index contributed by atoms with van der Waals surface area (Å²) in [6.45, 7) is 0.454. The third kappa shape index (κ3) is 4.22. The van der Waals surface area contributed by atoms with Crippen LogP contribution < -0.4 is 4.31 Å². The van der Waals surface area contributed by atoms with Gasteiger partial charge in [-0.25, -0.2) is 8.42 Å². The van der Waals surface area contributed by atoms with E-state index in [2.05, 4.69) is 0 Å². The molecule has 2 aromatic carbocycles. The highest BCUT2D eigenvalue weighted by atomic mass is 35.5. The fraction of sp³-hybridized carbons (Fsp3) is 0.150. The lowest BCUT2D eigenvalue weighted by atomic mass is 10.1. The molecular weight excluding hydrogens is 416 g/mol. The molecule has 5 nitrogen and oxygen atoms in total. The first-order valence-electron chi connectivity index (χ1n) is 8.42. The van der Waals surface area contributed by atoms with E-state index in [-0.39, 0.29) is 21.4 Å². The molecule has 0 aliphatic heterocycles. The highest BCUT2D eigenvalue weighted by molar-refractivity contribution is 7.92. The van der Waals surface area contributed by atoms with E-state index in [1.54, 1.807) is 53.6 Å². The minimum Gasteiger partial charge on any atom is -0.337 e. The summed E-state index contributed by atoms with van der Waals surface area (Å²) in [6.07, 6.45) is 0. The quantitative estimate of drug-likeness (QED) is 0.574. The molecule has 146 valence electrons. The predicted molar refractivity (Wildman–Crippen MR) is 114 cm³/mol. The van der Waals surface area contributed by atoms with Gasteiger partial charge in [-0.2, -0.15) is 0 Å². The van der Waals surface area contributed by atoms with Crippen molar-refractivity contribution in [1.29, 1.82) is 0 Å². The summed E-state index contributed by atoms with van der Waals surface area (Å²) in [5, 5.41) is 2.22. The highest BCUT2D eigenvalue weighted by Crippen LogP contribution is 2.28. The van der Waals surface area contributed by atoms with Crippen molar-refractivity contribution in [3.63, 3.8) is 0 Å². The average molecular weight is 435 g/mol. The molecule has 0 N–H and O–H groups in total. The fourth-order valence-corrected chi connectivity index (χ4v) is 4.84. The Bertz CT molecular complexity index is 1070. The SMILES string of the molecule is CN(Cc1cccs1)C(=O)c1cc(N(C)S(=O)(=O)c2ccccc2)ccc1Cl. The monoisotopic (exact) mass is 434 g/mol. The normalized spacial score (nSPS) is 11.2. The van der Waals surface area contributed by atoms with Crippen molar-refractivity contribution in [1.82, 2.24) is 4.90 Å². The van der Waals surface area contributed by atoms with Crippen molar-refractivity contribution in [2.75, 3.05) is 18.4 Å². The number of hydrogen-bond acceptors (Lipinski definition) is 4. The Morgan fingerprint density at radius 2 is 1.75 bits per heavy atom. The van der Waals surface area contributed by atoms with Gasteiger partial charge in [-0.15, -0.1) is 11.3 Å². The fourth-order valence-electron chi connectivity index (χ4n) is 2.68. The van der Waals surface area contributed by atoms with Gasteiger partial charge in [0, 0.05) is 19.0 Å². The number of carbonyl (C=O) groups excluding carboxylic acids is 1. The second-order valence-electron chi connectivity index (χ2n) is 6.19. The maximum atomic E-state index is 12.9. The summed E-state index contributed by atoms with van der Waals surface area (Å²) in [7, 11) is -0.598. The third-order valence-corrected chi connectivity index (χ3v) is 7.26. The van der Waals surface area contributed by atoms with Crippen LogP contribution in [0.3, 0.4) is 0 Å². The molecule has 1 heterocycles. The molecule has 0 aliphatic carbocycles. The molecule has 0 radical (unpaired) electrons. The molecule has 3 aromatic rings. The molecule has 0 fully saturated rings. The molecule has 8 heteroatoms. The number of halogens is 1. The Morgan fingerprint density at radius 3 is 2.39 bits per heavy atom. The van der Waals surface area contributed by atoms with Crippen LogP contribution in [0.25, 0.3) is 0 Å². The lowest BCUT2D eigenvalue weighted by Gasteiger charge is -2.22. The topological polar surface area (TPSA) is 57.7 Å². The van der Waals surface area contributed by atoms with Gasteiger partial charge < -0.3 is 4.90 Å². The lowest BCUT2D eigenvalue weighted by Crippen LogP contribution is -2.28. The second kappa shape index (κ2) is 8.34. The van der Waals surface area contributed by atoms with Crippen LogP contribution in [0.5, 0.6) is 0 Å². The summed E-state index contributed by atoms with van der Waals surface area (Å²) in [6, 6.07) is 16.7. The number of hydrogen-bond donors (Lipinski definition) is 0. The zero-order valence-corrected chi connectivity index (χ0v) is 17.8. The van der Waals surface area contributed by atoms with E-state index in [0.29, 0.717) is 12.2 Å². The third-order valence-electron chi connectivity index (χ3n) is 4.27. The molecule has 0 atom stereocenters. The zero-order chi connectivity index (χ0) is 20.3. The molecule has 0 saturated heterocycles. The van der Waals surface area contributed by atoms with Gasteiger partial charge in [-0.1, -0.05) is 35.9 Å². The van der Waals surface area contributed by atoms with Crippen molar-refractivity contribution in [2.45, 2.75) is 11.4 Å². The lowest BCUT2D eigenvalue weighted by molar-refractivity contribution is 0.0786. The van der Waals surface area contributed by atoms with E-state index in [4.69, 9.17) is 11.6 Å². The Morgan fingerprint density at radius 1 is 1.04 bits per heavy atom. The summed E-state index contributed by atoms with van der Waals surface area (Å²) >= 11 is 7.80. The van der Waals surface area contributed by atoms with Crippen molar-refractivity contribution in [3.05, 3.63) is 81.5 Å². The van der Waals surface area contributed by atoms with Crippen LogP contribution in [0.4, 0.5) is 5.69 Å².